The zero-order chi connectivity index (χ0) is 8.36. The number of nitrogens with two attached hydrogens (primary N) is 1. The number of nitrogens with zero attached hydrogens (tertiary/aromatic N) is 1. The van der Waals surface area contributed by atoms with Crippen LogP contribution in [0.3, 0.4) is 0 Å². The van der Waals surface area contributed by atoms with Crippen LogP contribution in [0.15, 0.2) is 0 Å². The van der Waals surface area contributed by atoms with Crippen LogP contribution in [-0.2, 0) is 9.47 Å². The molecule has 0 atom stereocenters. The van der Waals surface area contributed by atoms with E-state index in [4.69, 9.17) is 20.7 Å². The largest absolute Gasteiger partial charge is 0.508 e. The van der Waals surface area contributed by atoms with Crippen LogP contribution in [0.25, 0.3) is 5.53 Å². The first-order chi connectivity index (χ1) is 5.41. The average Bonchev–Trinajstić information content (AvgIpc) is 2.03. The Morgan fingerprint density at radius 3 is 2.27 bits per heavy atom. The molecule has 0 saturated carbocycles. The lowest BCUT2D eigenvalue weighted by Crippen LogP contribution is -2.64. The first kappa shape index (κ1) is 10.5. The Balaban J connectivity index is 2.74. The minimum atomic E-state index is 0.441. The van der Waals surface area contributed by atoms with E-state index in [2.05, 4.69) is 0 Å². The summed E-state index contributed by atoms with van der Waals surface area (Å²) in [6.07, 6.45) is 0. The molecule has 0 fully saturated rings. The Morgan fingerprint density at radius 1 is 1.09 bits per heavy atom. The van der Waals surface area contributed by atoms with Gasteiger partial charge in [-0.3, -0.25) is 0 Å². The molecule has 66 valence electrons. The molecule has 0 aliphatic carbocycles. The average molecular weight is 161 g/mol. The number of hydrogen-bond donors (Lipinski definition) is 2. The Morgan fingerprint density at radius 2 is 1.73 bits per heavy atom. The molecule has 0 heterocycles. The zero-order valence-electron chi connectivity index (χ0n) is 6.58. The van der Waals surface area contributed by atoms with Gasteiger partial charge in [0.1, 0.15) is 6.61 Å². The van der Waals surface area contributed by atoms with Gasteiger partial charge in [0, 0.05) is 6.54 Å². The third-order valence-corrected chi connectivity index (χ3v) is 0.992. The molecule has 0 spiro atoms. The van der Waals surface area contributed by atoms with E-state index in [9.17, 15) is 0 Å². The summed E-state index contributed by atoms with van der Waals surface area (Å²) < 4.78 is 10.1. The van der Waals surface area contributed by atoms with Crippen LogP contribution in [0.5, 0.6) is 0 Å². The Bertz CT molecular complexity index is 89.9. The highest BCUT2D eigenvalue weighted by molar-refractivity contribution is 4.32. The molecule has 0 amide bonds. The Hall–Kier alpha value is -0.520. The smallest absolute Gasteiger partial charge is 0.152 e. The van der Waals surface area contributed by atoms with Gasteiger partial charge in [0.15, 0.2) is 6.54 Å². The van der Waals surface area contributed by atoms with E-state index in [-0.39, 0.29) is 0 Å². The summed E-state index contributed by atoms with van der Waals surface area (Å²) in [5, 5.41) is 1.98. The normalized spacial score (nSPS) is 9.91. The van der Waals surface area contributed by atoms with Crippen molar-refractivity contribution in [3.05, 3.63) is 5.53 Å². The van der Waals surface area contributed by atoms with Crippen molar-refractivity contribution >= 4 is 0 Å². The van der Waals surface area contributed by atoms with Crippen LogP contribution in [-0.4, -0.2) is 39.5 Å². The predicted octanol–water partition coefficient (Wildman–Crippen LogP) is -1.92. The minimum Gasteiger partial charge on any atom is -0.508 e. The van der Waals surface area contributed by atoms with Crippen LogP contribution in [0.2, 0.25) is 0 Å². The highest BCUT2D eigenvalue weighted by Gasteiger charge is 1.88. The molecule has 0 aliphatic rings. The van der Waals surface area contributed by atoms with Crippen LogP contribution >= 0.6 is 0 Å². The van der Waals surface area contributed by atoms with Crippen LogP contribution in [0, 0.1) is 0 Å². The quantitative estimate of drug-likeness (QED) is 0.321. The van der Waals surface area contributed by atoms with Gasteiger partial charge in [-0.15, -0.1) is 0 Å². The maximum absolute atomic E-state index is 8.13. The number of ether oxygens (including phenoxy) is 2. The lowest BCUT2D eigenvalue weighted by Gasteiger charge is -2.01. The summed E-state index contributed by atoms with van der Waals surface area (Å²) in [5.41, 5.74) is 13.3. The standard InChI is InChI=1S/C6H15N3O2/c7-1-3-10-5-6-11-4-2-9-8/h9H,1-7H2. The highest BCUT2D eigenvalue weighted by atomic mass is 16.5. The van der Waals surface area contributed by atoms with Gasteiger partial charge in [-0.25, -0.2) is 0 Å². The topological polar surface area (TPSA) is 80.8 Å². The fourth-order valence-corrected chi connectivity index (χ4v) is 0.523. The number of nitrogens with one attached hydrogen (secondary N) is 1. The van der Waals surface area contributed by atoms with E-state index in [1.165, 1.54) is 0 Å². The van der Waals surface area contributed by atoms with Crippen molar-refractivity contribution < 1.29 is 14.6 Å². The molecule has 11 heavy (non-hydrogen) atoms. The summed E-state index contributed by atoms with van der Waals surface area (Å²) in [6.45, 7) is 3.14. The maximum Gasteiger partial charge on any atom is 0.152 e. The summed E-state index contributed by atoms with van der Waals surface area (Å²) in [5.74, 6) is 0. The van der Waals surface area contributed by atoms with Gasteiger partial charge in [-0.05, 0) is 0 Å². The Kier molecular flexibility index (Phi) is 9.03. The third-order valence-electron chi connectivity index (χ3n) is 0.992. The molecule has 5 nitrogen and oxygen atoms in total. The molecule has 0 unspecified atom stereocenters. The lowest BCUT2D eigenvalue weighted by molar-refractivity contribution is -0.484. The Labute approximate surface area is 66.4 Å². The molecular weight excluding hydrogens is 146 g/mol. The number of hydrogen-bond acceptors (Lipinski definition) is 3. The molecule has 0 aromatic carbocycles. The highest BCUT2D eigenvalue weighted by Crippen LogP contribution is 1.75. The van der Waals surface area contributed by atoms with E-state index in [1.807, 2.05) is 5.11 Å². The van der Waals surface area contributed by atoms with Crippen molar-refractivity contribution in [1.82, 2.24) is 0 Å². The van der Waals surface area contributed by atoms with E-state index in [0.29, 0.717) is 39.5 Å². The summed E-state index contributed by atoms with van der Waals surface area (Å²) in [6, 6.07) is 0. The fraction of sp³-hybridized carbons (Fsp3) is 1.00. The molecular formula is C6H15N3O2. The van der Waals surface area contributed by atoms with Gasteiger partial charge in [-0.2, -0.15) is 0 Å². The van der Waals surface area contributed by atoms with Crippen LogP contribution in [0.1, 0.15) is 0 Å². The summed E-state index contributed by atoms with van der Waals surface area (Å²) in [4.78, 5) is 0. The monoisotopic (exact) mass is 161 g/mol. The molecule has 0 radical (unpaired) electrons. The van der Waals surface area contributed by atoms with Crippen molar-refractivity contribution in [2.24, 2.45) is 5.73 Å². The molecule has 3 N–H and O–H groups in total. The van der Waals surface area contributed by atoms with Gasteiger partial charge in [-0.1, -0.05) is 0 Å². The lowest BCUT2D eigenvalue weighted by atomic mass is 10.7. The molecule has 0 rings (SSSR count). The SMILES string of the molecule is [N-]=[NH+]CCOCCOCCN. The van der Waals surface area contributed by atoms with Gasteiger partial charge >= 0.3 is 0 Å². The predicted molar refractivity (Wildman–Crippen MR) is 39.9 cm³/mol. The molecule has 0 aliphatic heterocycles. The summed E-state index contributed by atoms with van der Waals surface area (Å²) in [7, 11) is 0. The zero-order valence-corrected chi connectivity index (χ0v) is 6.58. The fourth-order valence-electron chi connectivity index (χ4n) is 0.523. The van der Waals surface area contributed by atoms with Crippen molar-refractivity contribution in [3.8, 4) is 0 Å². The third kappa shape index (κ3) is 9.48. The van der Waals surface area contributed by atoms with Gasteiger partial charge in [0.2, 0.25) is 0 Å². The van der Waals surface area contributed by atoms with Gasteiger partial charge in [0.25, 0.3) is 0 Å². The van der Waals surface area contributed by atoms with E-state index < -0.39 is 0 Å². The van der Waals surface area contributed by atoms with Crippen LogP contribution < -0.4 is 10.8 Å². The molecule has 5 heteroatoms. The second kappa shape index (κ2) is 9.48. The van der Waals surface area contributed by atoms with E-state index in [0.717, 1.165) is 0 Å². The van der Waals surface area contributed by atoms with Gasteiger partial charge < -0.3 is 25.9 Å². The van der Waals surface area contributed by atoms with Crippen molar-refractivity contribution in [2.75, 3.05) is 39.5 Å². The maximum atomic E-state index is 8.13. The van der Waals surface area contributed by atoms with E-state index in [1.54, 1.807) is 0 Å². The first-order valence-corrected chi connectivity index (χ1v) is 3.64. The van der Waals surface area contributed by atoms with Crippen LogP contribution in [0.4, 0.5) is 0 Å². The second-order valence-corrected chi connectivity index (χ2v) is 1.92. The van der Waals surface area contributed by atoms with Gasteiger partial charge in [0.05, 0.1) is 19.8 Å². The molecule has 0 aromatic rings. The molecule has 0 aromatic heterocycles. The summed E-state index contributed by atoms with van der Waals surface area (Å²) >= 11 is 0. The molecule has 0 saturated heterocycles. The van der Waals surface area contributed by atoms with Crippen molar-refractivity contribution in [1.29, 1.82) is 0 Å². The first-order valence-electron chi connectivity index (χ1n) is 3.64. The molecule has 0 bridgehead atoms. The van der Waals surface area contributed by atoms with Crippen molar-refractivity contribution in [2.45, 2.75) is 0 Å². The van der Waals surface area contributed by atoms with Crippen molar-refractivity contribution in [3.63, 3.8) is 0 Å². The minimum absolute atomic E-state index is 0.441. The second-order valence-electron chi connectivity index (χ2n) is 1.92. The van der Waals surface area contributed by atoms with E-state index >= 15 is 0 Å². The number of rotatable bonds is 8.